The third kappa shape index (κ3) is 3.38. The molecule has 0 radical (unpaired) electrons. The van der Waals surface area contributed by atoms with E-state index in [9.17, 15) is 8.42 Å². The van der Waals surface area contributed by atoms with Gasteiger partial charge >= 0.3 is 0 Å². The summed E-state index contributed by atoms with van der Waals surface area (Å²) in [6.45, 7) is 3.11. The molecule has 1 aromatic rings. The summed E-state index contributed by atoms with van der Waals surface area (Å²) in [7, 11) is -3.59. The number of hydrogen-bond donors (Lipinski definition) is 2. The van der Waals surface area contributed by atoms with Crippen molar-refractivity contribution >= 4 is 10.0 Å². The Morgan fingerprint density at radius 1 is 1.20 bits per heavy atom. The molecule has 1 aromatic carbocycles. The average molecular weight is 295 g/mol. The first kappa shape index (κ1) is 14.0. The van der Waals surface area contributed by atoms with E-state index in [1.54, 1.807) is 12.1 Å². The molecule has 20 heavy (non-hydrogen) atoms. The van der Waals surface area contributed by atoms with E-state index in [4.69, 9.17) is 5.14 Å². The molecule has 1 heterocycles. The number of hydrogen-bond acceptors (Lipinski definition) is 4. The van der Waals surface area contributed by atoms with Crippen LogP contribution >= 0.6 is 0 Å². The molecule has 5 nitrogen and oxygen atoms in total. The first-order valence-electron chi connectivity index (χ1n) is 7.11. The SMILES string of the molecule is NS(=O)(=O)c1ccc(CNC2CCN(C3CC3)C2)cc1. The molecule has 1 unspecified atom stereocenters. The van der Waals surface area contributed by atoms with Gasteiger partial charge in [-0.05, 0) is 37.0 Å². The van der Waals surface area contributed by atoms with Crippen LogP contribution in [0.2, 0.25) is 0 Å². The molecular formula is C14H21N3O2S. The van der Waals surface area contributed by atoms with Gasteiger partial charge in [-0.3, -0.25) is 4.90 Å². The van der Waals surface area contributed by atoms with Crippen molar-refractivity contribution in [2.45, 2.75) is 42.8 Å². The van der Waals surface area contributed by atoms with Crippen LogP contribution in [0.3, 0.4) is 0 Å². The first-order chi connectivity index (χ1) is 9.52. The predicted octanol–water partition coefficient (Wildman–Crippen LogP) is 0.660. The van der Waals surface area contributed by atoms with E-state index in [0.29, 0.717) is 6.04 Å². The van der Waals surface area contributed by atoms with Gasteiger partial charge < -0.3 is 5.32 Å². The lowest BCUT2D eigenvalue weighted by molar-refractivity contribution is 0.317. The minimum atomic E-state index is -3.59. The maximum absolute atomic E-state index is 11.2. The van der Waals surface area contributed by atoms with Gasteiger partial charge in [0, 0.05) is 31.7 Å². The first-order valence-corrected chi connectivity index (χ1v) is 8.66. The number of nitrogens with one attached hydrogen (secondary N) is 1. The summed E-state index contributed by atoms with van der Waals surface area (Å²) in [5, 5.41) is 8.63. The van der Waals surface area contributed by atoms with Crippen LogP contribution in [-0.4, -0.2) is 38.5 Å². The van der Waals surface area contributed by atoms with Crippen molar-refractivity contribution < 1.29 is 8.42 Å². The summed E-state index contributed by atoms with van der Waals surface area (Å²) in [4.78, 5) is 2.74. The lowest BCUT2D eigenvalue weighted by Crippen LogP contribution is -2.32. The zero-order valence-electron chi connectivity index (χ0n) is 11.5. The van der Waals surface area contributed by atoms with Gasteiger partial charge in [-0.2, -0.15) is 0 Å². The molecule has 0 amide bonds. The van der Waals surface area contributed by atoms with E-state index >= 15 is 0 Å². The monoisotopic (exact) mass is 295 g/mol. The number of benzene rings is 1. The van der Waals surface area contributed by atoms with Crippen LogP contribution in [0.1, 0.15) is 24.8 Å². The Hall–Kier alpha value is -0.950. The standard InChI is InChI=1S/C14H21N3O2S/c15-20(18,19)14-5-1-11(2-6-14)9-16-12-7-8-17(10-12)13-3-4-13/h1-2,5-6,12-13,16H,3-4,7-10H2,(H2,15,18,19). The van der Waals surface area contributed by atoms with Crippen LogP contribution < -0.4 is 10.5 Å². The molecule has 6 heteroatoms. The Balaban J connectivity index is 1.51. The van der Waals surface area contributed by atoms with Crippen LogP contribution in [0.15, 0.2) is 29.2 Å². The van der Waals surface area contributed by atoms with Crippen molar-refractivity contribution in [1.82, 2.24) is 10.2 Å². The quantitative estimate of drug-likeness (QED) is 0.837. The van der Waals surface area contributed by atoms with Crippen molar-refractivity contribution in [3.05, 3.63) is 29.8 Å². The van der Waals surface area contributed by atoms with Crippen molar-refractivity contribution in [3.8, 4) is 0 Å². The molecule has 1 saturated heterocycles. The summed E-state index contributed by atoms with van der Waals surface area (Å²) in [6, 6.07) is 8.17. The third-order valence-corrected chi connectivity index (χ3v) is 5.06. The second-order valence-corrected chi connectivity index (χ2v) is 7.34. The number of nitrogens with two attached hydrogens (primary N) is 1. The zero-order valence-corrected chi connectivity index (χ0v) is 12.3. The van der Waals surface area contributed by atoms with E-state index in [2.05, 4.69) is 10.2 Å². The fraction of sp³-hybridized carbons (Fsp3) is 0.571. The van der Waals surface area contributed by atoms with Gasteiger partial charge in [-0.25, -0.2) is 13.6 Å². The van der Waals surface area contributed by atoms with Crippen LogP contribution in [0.5, 0.6) is 0 Å². The highest BCUT2D eigenvalue weighted by Crippen LogP contribution is 2.29. The van der Waals surface area contributed by atoms with Crippen molar-refractivity contribution in [2.24, 2.45) is 5.14 Å². The highest BCUT2D eigenvalue weighted by atomic mass is 32.2. The second kappa shape index (κ2) is 5.44. The summed E-state index contributed by atoms with van der Waals surface area (Å²) >= 11 is 0. The van der Waals surface area contributed by atoms with Crippen LogP contribution in [-0.2, 0) is 16.6 Å². The molecule has 2 aliphatic rings. The summed E-state index contributed by atoms with van der Waals surface area (Å²) < 4.78 is 22.3. The van der Waals surface area contributed by atoms with Gasteiger partial charge in [0.2, 0.25) is 10.0 Å². The topological polar surface area (TPSA) is 75.4 Å². The lowest BCUT2D eigenvalue weighted by atomic mass is 10.2. The van der Waals surface area contributed by atoms with Gasteiger partial charge in [-0.1, -0.05) is 12.1 Å². The Kier molecular flexibility index (Phi) is 3.81. The molecular weight excluding hydrogens is 274 g/mol. The van der Waals surface area contributed by atoms with E-state index in [-0.39, 0.29) is 4.90 Å². The highest BCUT2D eigenvalue weighted by molar-refractivity contribution is 7.89. The molecule has 1 aliphatic heterocycles. The molecule has 0 aromatic heterocycles. The van der Waals surface area contributed by atoms with Gasteiger partial charge in [0.05, 0.1) is 4.90 Å². The molecule has 0 spiro atoms. The Morgan fingerprint density at radius 2 is 1.90 bits per heavy atom. The van der Waals surface area contributed by atoms with Gasteiger partial charge in [0.15, 0.2) is 0 Å². The summed E-state index contributed by atoms with van der Waals surface area (Å²) in [5.41, 5.74) is 1.09. The molecule has 1 atom stereocenters. The fourth-order valence-electron chi connectivity index (χ4n) is 2.78. The van der Waals surface area contributed by atoms with Gasteiger partial charge in [0.25, 0.3) is 0 Å². The number of sulfonamides is 1. The average Bonchev–Trinajstić information content (AvgIpc) is 3.15. The molecule has 1 saturated carbocycles. The largest absolute Gasteiger partial charge is 0.309 e. The normalized spacial score (nSPS) is 24.1. The van der Waals surface area contributed by atoms with E-state index in [0.717, 1.165) is 24.7 Å². The minimum absolute atomic E-state index is 0.169. The molecule has 3 rings (SSSR count). The van der Waals surface area contributed by atoms with E-state index < -0.39 is 10.0 Å². The van der Waals surface area contributed by atoms with Gasteiger partial charge in [-0.15, -0.1) is 0 Å². The maximum atomic E-state index is 11.2. The van der Waals surface area contributed by atoms with Crippen LogP contribution in [0.4, 0.5) is 0 Å². The van der Waals surface area contributed by atoms with Crippen molar-refractivity contribution in [2.75, 3.05) is 13.1 Å². The minimum Gasteiger partial charge on any atom is -0.309 e. The summed E-state index contributed by atoms with van der Waals surface area (Å²) in [5.74, 6) is 0. The maximum Gasteiger partial charge on any atom is 0.238 e. The predicted molar refractivity (Wildman–Crippen MR) is 77.7 cm³/mol. The molecule has 3 N–H and O–H groups in total. The zero-order chi connectivity index (χ0) is 14.2. The molecule has 2 fully saturated rings. The molecule has 1 aliphatic carbocycles. The number of nitrogens with zero attached hydrogens (tertiary/aromatic N) is 1. The van der Waals surface area contributed by atoms with E-state index in [1.165, 1.54) is 25.8 Å². The fourth-order valence-corrected chi connectivity index (χ4v) is 3.30. The molecule has 110 valence electrons. The number of likely N-dealkylation sites (tertiary alicyclic amines) is 1. The Labute approximate surface area is 120 Å². The third-order valence-electron chi connectivity index (χ3n) is 4.13. The van der Waals surface area contributed by atoms with Crippen molar-refractivity contribution in [3.63, 3.8) is 0 Å². The Bertz CT molecular complexity index is 567. The van der Waals surface area contributed by atoms with Crippen LogP contribution in [0.25, 0.3) is 0 Å². The second-order valence-electron chi connectivity index (χ2n) is 5.78. The highest BCUT2D eigenvalue weighted by Gasteiger charge is 2.33. The smallest absolute Gasteiger partial charge is 0.238 e. The number of primary sulfonamides is 1. The van der Waals surface area contributed by atoms with Gasteiger partial charge in [0.1, 0.15) is 0 Å². The Morgan fingerprint density at radius 3 is 2.50 bits per heavy atom. The van der Waals surface area contributed by atoms with E-state index in [1.807, 2.05) is 12.1 Å². The molecule has 0 bridgehead atoms. The number of rotatable bonds is 5. The summed E-state index contributed by atoms with van der Waals surface area (Å²) in [6.07, 6.45) is 3.93. The van der Waals surface area contributed by atoms with Crippen LogP contribution in [0, 0.1) is 0 Å². The lowest BCUT2D eigenvalue weighted by Gasteiger charge is -2.15. The van der Waals surface area contributed by atoms with Crippen molar-refractivity contribution in [1.29, 1.82) is 0 Å².